The molecule has 22 nitrogen and oxygen atoms in total. The maximum Gasteiger partial charge on any atom is 0.330 e. The smallest absolute Gasteiger partial charge is 0.330 e. The molecule has 0 heterocycles. The van der Waals surface area contributed by atoms with Gasteiger partial charge >= 0.3 is 5.97 Å². The van der Waals surface area contributed by atoms with Crippen molar-refractivity contribution in [1.29, 1.82) is 0 Å². The summed E-state index contributed by atoms with van der Waals surface area (Å²) in [6.45, 7) is 21.7. The van der Waals surface area contributed by atoms with E-state index in [0.29, 0.717) is 64.2 Å². The Morgan fingerprint density at radius 2 is 0.348 bits per heavy atom. The van der Waals surface area contributed by atoms with Crippen LogP contribution in [0.15, 0.2) is 12.2 Å². The van der Waals surface area contributed by atoms with Crippen molar-refractivity contribution in [2.75, 3.05) is 66.1 Å². The summed E-state index contributed by atoms with van der Waals surface area (Å²) in [7, 11) is 0. The van der Waals surface area contributed by atoms with E-state index in [1.165, 1.54) is 6.92 Å². The molecule has 414 valence electrons. The molecule has 0 saturated heterocycles. The lowest BCUT2D eigenvalue weighted by molar-refractivity contribution is -0.132. The van der Waals surface area contributed by atoms with Crippen LogP contribution in [-0.4, -0.2) is 240 Å². The first-order chi connectivity index (χ1) is 30.7. The molecule has 0 aromatic heterocycles. The number of aliphatic hydroxyl groups is 20. The van der Waals surface area contributed by atoms with Crippen LogP contribution in [0.25, 0.3) is 0 Å². The second-order valence-corrected chi connectivity index (χ2v) is 13.5. The molecule has 10 atom stereocenters. The summed E-state index contributed by atoms with van der Waals surface area (Å²) in [6, 6.07) is 0. The Kier molecular flexibility index (Phi) is 115. The quantitative estimate of drug-likeness (QED) is 0.0561. The monoisotopic (exact) mass is 987 g/mol. The Labute approximate surface area is 397 Å². The molecular formula is C44H106O22. The van der Waals surface area contributed by atoms with Crippen LogP contribution in [0.2, 0.25) is 0 Å². The highest BCUT2D eigenvalue weighted by atomic mass is 16.4. The van der Waals surface area contributed by atoms with Gasteiger partial charge in [-0.2, -0.15) is 0 Å². The predicted octanol–water partition coefficient (Wildman–Crippen LogP) is -1.86. The molecule has 0 bridgehead atoms. The van der Waals surface area contributed by atoms with Gasteiger partial charge in [0.1, 0.15) is 0 Å². The summed E-state index contributed by atoms with van der Waals surface area (Å²) >= 11 is 0. The number of aliphatic carboxylic acids is 1. The fourth-order valence-electron chi connectivity index (χ4n) is 1.29. The van der Waals surface area contributed by atoms with E-state index < -0.39 is 67.0 Å². The van der Waals surface area contributed by atoms with Crippen LogP contribution in [0.1, 0.15) is 140 Å². The van der Waals surface area contributed by atoms with Crippen LogP contribution < -0.4 is 0 Å². The molecule has 0 rings (SSSR count). The molecule has 21 N–H and O–H groups in total. The summed E-state index contributed by atoms with van der Waals surface area (Å²) < 4.78 is 0. The summed E-state index contributed by atoms with van der Waals surface area (Å²) in [5, 5.41) is 173. The van der Waals surface area contributed by atoms with Crippen molar-refractivity contribution in [2.45, 2.75) is 201 Å². The fourth-order valence-corrected chi connectivity index (χ4v) is 1.29. The largest absolute Gasteiger partial charge is 0.478 e. The van der Waals surface area contributed by atoms with Crippen LogP contribution in [-0.2, 0) is 4.79 Å². The SMILES string of the molecule is C=C(C)C(=O)O.CCC(O)CO.CCC(O)CO.CCC(O)CO.CCC(O)CO.CCC(O)CO.CCC(O)CO.CCC(O)CO.CCC(O)CO.CCC(O)CO.CCC(O)CO. The van der Waals surface area contributed by atoms with E-state index in [2.05, 4.69) is 6.58 Å². The minimum absolute atomic E-state index is 0.115. The average molecular weight is 987 g/mol. The number of rotatable bonds is 21. The summed E-state index contributed by atoms with van der Waals surface area (Å²) in [5.41, 5.74) is 0.176. The van der Waals surface area contributed by atoms with Gasteiger partial charge in [-0.15, -0.1) is 0 Å². The van der Waals surface area contributed by atoms with Gasteiger partial charge < -0.3 is 107 Å². The molecule has 0 amide bonds. The first-order valence-electron chi connectivity index (χ1n) is 22.5. The van der Waals surface area contributed by atoms with Crippen LogP contribution in [0, 0.1) is 0 Å². The van der Waals surface area contributed by atoms with E-state index in [1.54, 1.807) is 0 Å². The summed E-state index contributed by atoms with van der Waals surface area (Å²) in [6.07, 6.45) is 1.26. The van der Waals surface area contributed by atoms with Gasteiger partial charge in [-0.1, -0.05) is 75.8 Å². The van der Waals surface area contributed by atoms with Gasteiger partial charge in [-0.25, -0.2) is 4.79 Å². The van der Waals surface area contributed by atoms with E-state index in [-0.39, 0.29) is 71.6 Å². The molecule has 0 aliphatic carbocycles. The molecule has 10 unspecified atom stereocenters. The molecular weight excluding hydrogens is 880 g/mol. The van der Waals surface area contributed by atoms with E-state index in [1.807, 2.05) is 69.2 Å². The molecule has 0 aromatic carbocycles. The average Bonchev–Trinajstić information content (AvgIpc) is 3.37. The second kappa shape index (κ2) is 83.4. The Balaban J connectivity index is -0.0000000560. The zero-order chi connectivity index (χ0) is 55.1. The molecule has 0 aliphatic rings. The fraction of sp³-hybridized carbons (Fsp3) is 0.932. The van der Waals surface area contributed by atoms with Crippen molar-refractivity contribution in [3.8, 4) is 0 Å². The third-order valence-corrected chi connectivity index (χ3v) is 7.19. The third kappa shape index (κ3) is 131. The molecule has 0 spiro atoms. The third-order valence-electron chi connectivity index (χ3n) is 7.19. The Morgan fingerprint density at radius 1 is 0.288 bits per heavy atom. The Bertz CT molecular complexity index is 573. The number of hydrogen-bond acceptors (Lipinski definition) is 21. The zero-order valence-electron chi connectivity index (χ0n) is 42.4. The van der Waals surface area contributed by atoms with Gasteiger partial charge in [0.25, 0.3) is 0 Å². The highest BCUT2D eigenvalue weighted by Gasteiger charge is 1.97. The van der Waals surface area contributed by atoms with E-state index >= 15 is 0 Å². The van der Waals surface area contributed by atoms with Gasteiger partial charge in [0.05, 0.1) is 127 Å². The minimum Gasteiger partial charge on any atom is -0.478 e. The molecule has 0 saturated carbocycles. The molecule has 66 heavy (non-hydrogen) atoms. The predicted molar refractivity (Wildman–Crippen MR) is 256 cm³/mol. The van der Waals surface area contributed by atoms with E-state index in [4.69, 9.17) is 107 Å². The zero-order valence-corrected chi connectivity index (χ0v) is 42.4. The molecule has 0 aromatic rings. The minimum atomic E-state index is -0.935. The van der Waals surface area contributed by atoms with E-state index in [9.17, 15) is 4.79 Å². The standard InChI is InChI=1S/C4H6O2.10C4H10O2/c1-3(2)4(5)6;10*1-2-4(6)3-5/h1H2,2H3,(H,5,6);10*4-6H,2-3H2,1H3. The van der Waals surface area contributed by atoms with Gasteiger partial charge in [-0.3, -0.25) is 0 Å². The highest BCUT2D eigenvalue weighted by molar-refractivity contribution is 5.84. The van der Waals surface area contributed by atoms with Crippen molar-refractivity contribution in [1.82, 2.24) is 0 Å². The van der Waals surface area contributed by atoms with Crippen LogP contribution in [0.4, 0.5) is 0 Å². The molecule has 22 heteroatoms. The van der Waals surface area contributed by atoms with Crippen molar-refractivity contribution in [2.24, 2.45) is 0 Å². The first kappa shape index (κ1) is 90.8. The first-order valence-corrected chi connectivity index (χ1v) is 22.5. The Hall–Kier alpha value is -1.59. The molecule has 0 radical (unpaired) electrons. The number of hydrogen-bond donors (Lipinski definition) is 21. The van der Waals surface area contributed by atoms with Gasteiger partial charge in [0.2, 0.25) is 0 Å². The number of carbonyl (C=O) groups is 1. The molecule has 0 aliphatic heterocycles. The van der Waals surface area contributed by atoms with Crippen molar-refractivity contribution >= 4 is 5.97 Å². The normalized spacial score (nSPS) is 13.9. The van der Waals surface area contributed by atoms with Crippen molar-refractivity contribution in [3.63, 3.8) is 0 Å². The topological polar surface area (TPSA) is 442 Å². The second-order valence-electron chi connectivity index (χ2n) is 13.5. The van der Waals surface area contributed by atoms with Crippen LogP contribution in [0.5, 0.6) is 0 Å². The number of carboxylic acids is 1. The lowest BCUT2D eigenvalue weighted by atomic mass is 10.3. The lowest BCUT2D eigenvalue weighted by Gasteiger charge is -1.97. The van der Waals surface area contributed by atoms with Gasteiger partial charge in [0.15, 0.2) is 0 Å². The molecule has 0 fully saturated rings. The summed E-state index contributed by atoms with van der Waals surface area (Å²) in [5.74, 6) is -0.935. The number of carboxylic acid groups (broad SMARTS) is 1. The van der Waals surface area contributed by atoms with Crippen molar-refractivity contribution < 1.29 is 112 Å². The lowest BCUT2D eigenvalue weighted by Crippen LogP contribution is -2.08. The maximum absolute atomic E-state index is 9.60. The highest BCUT2D eigenvalue weighted by Crippen LogP contribution is 1.88. The van der Waals surface area contributed by atoms with Crippen LogP contribution >= 0.6 is 0 Å². The van der Waals surface area contributed by atoms with Gasteiger partial charge in [-0.05, 0) is 71.1 Å². The van der Waals surface area contributed by atoms with Crippen LogP contribution in [0.3, 0.4) is 0 Å². The van der Waals surface area contributed by atoms with Gasteiger partial charge in [0, 0.05) is 5.57 Å². The van der Waals surface area contributed by atoms with E-state index in [0.717, 1.165) is 0 Å². The maximum atomic E-state index is 9.60. The Morgan fingerprint density at radius 3 is 0.348 bits per heavy atom. The number of aliphatic hydroxyl groups excluding tert-OH is 20. The summed E-state index contributed by atoms with van der Waals surface area (Å²) in [4.78, 5) is 9.60. The van der Waals surface area contributed by atoms with Crippen molar-refractivity contribution in [3.05, 3.63) is 12.2 Å².